The van der Waals surface area contributed by atoms with Crippen molar-refractivity contribution >= 4 is 18.5 Å². The molecule has 0 atom stereocenters. The van der Waals surface area contributed by atoms with E-state index >= 15 is 0 Å². The molecule has 92 valence electrons. The second kappa shape index (κ2) is 5.16. The van der Waals surface area contributed by atoms with E-state index in [0.717, 1.165) is 11.1 Å². The van der Waals surface area contributed by atoms with Gasteiger partial charge in [-0.3, -0.25) is 0 Å². The van der Waals surface area contributed by atoms with E-state index in [1.54, 1.807) is 0 Å². The molecular formula is C16H13BO2. The molecule has 3 aromatic rings. The van der Waals surface area contributed by atoms with E-state index in [1.165, 1.54) is 10.8 Å². The Kier molecular flexibility index (Phi) is 3.21. The third-order valence-corrected chi connectivity index (χ3v) is 3.15. The van der Waals surface area contributed by atoms with Gasteiger partial charge in [0.1, 0.15) is 5.75 Å². The monoisotopic (exact) mass is 248 g/mol. The lowest BCUT2D eigenvalue weighted by Crippen LogP contribution is -1.99. The first-order chi connectivity index (χ1) is 9.36. The third kappa shape index (κ3) is 2.46. The Morgan fingerprint density at radius 1 is 0.737 bits per heavy atom. The number of hydrogen-bond acceptors (Lipinski definition) is 2. The van der Waals surface area contributed by atoms with Gasteiger partial charge < -0.3 is 9.68 Å². The van der Waals surface area contributed by atoms with Crippen LogP contribution in [0.3, 0.4) is 0 Å². The lowest BCUT2D eigenvalue weighted by atomic mass is 10.0. The highest BCUT2D eigenvalue weighted by Gasteiger charge is 2.01. The minimum Gasteiger partial charge on any atom is -0.539 e. The molecule has 3 aromatic carbocycles. The highest BCUT2D eigenvalue weighted by Crippen LogP contribution is 2.27. The molecule has 0 amide bonds. The van der Waals surface area contributed by atoms with Crippen LogP contribution in [0.25, 0.3) is 21.9 Å². The molecule has 2 nitrogen and oxygen atoms in total. The Hall–Kier alpha value is -2.26. The summed E-state index contributed by atoms with van der Waals surface area (Å²) in [4.78, 5) is 0. The maximum absolute atomic E-state index is 8.80. The average molecular weight is 248 g/mol. The summed E-state index contributed by atoms with van der Waals surface area (Å²) in [6.07, 6.45) is 0. The molecule has 3 rings (SSSR count). The minimum absolute atomic E-state index is 0.304. The van der Waals surface area contributed by atoms with Gasteiger partial charge in [0.05, 0.1) is 0 Å². The van der Waals surface area contributed by atoms with E-state index in [9.17, 15) is 0 Å². The number of hydrogen-bond donors (Lipinski definition) is 1. The largest absolute Gasteiger partial charge is 0.539 e. The molecule has 0 heterocycles. The topological polar surface area (TPSA) is 29.5 Å². The summed E-state index contributed by atoms with van der Waals surface area (Å²) in [6.45, 7) is 0. The molecule has 0 fully saturated rings. The van der Waals surface area contributed by atoms with Crippen LogP contribution >= 0.6 is 0 Å². The molecule has 0 aliphatic rings. The predicted octanol–water partition coefficient (Wildman–Crippen LogP) is 3.14. The van der Waals surface area contributed by atoms with Gasteiger partial charge in [0.15, 0.2) is 0 Å². The Morgan fingerprint density at radius 2 is 1.53 bits per heavy atom. The van der Waals surface area contributed by atoms with Gasteiger partial charge in [-0.25, -0.2) is 0 Å². The van der Waals surface area contributed by atoms with Crippen molar-refractivity contribution in [3.8, 4) is 16.9 Å². The van der Waals surface area contributed by atoms with E-state index in [2.05, 4.69) is 30.3 Å². The molecule has 3 heteroatoms. The normalized spacial score (nSPS) is 10.4. The summed E-state index contributed by atoms with van der Waals surface area (Å²) in [5.74, 6) is 0.674. The van der Waals surface area contributed by atoms with Crippen LogP contribution in [0, 0.1) is 0 Å². The molecule has 19 heavy (non-hydrogen) atoms. The van der Waals surface area contributed by atoms with Gasteiger partial charge in [-0.15, -0.1) is 0 Å². The molecular weight excluding hydrogens is 235 g/mol. The van der Waals surface area contributed by atoms with E-state index in [0.29, 0.717) is 5.75 Å². The molecule has 0 unspecified atom stereocenters. The van der Waals surface area contributed by atoms with Crippen molar-refractivity contribution < 1.29 is 9.68 Å². The summed E-state index contributed by atoms with van der Waals surface area (Å²) < 4.78 is 5.11. The highest BCUT2D eigenvalue weighted by atomic mass is 16.5. The first kappa shape index (κ1) is 11.8. The Bertz CT molecular complexity index is 710. The van der Waals surface area contributed by atoms with Crippen LogP contribution in [-0.4, -0.2) is 12.7 Å². The first-order valence-electron chi connectivity index (χ1n) is 6.20. The summed E-state index contributed by atoms with van der Waals surface area (Å²) in [5, 5.41) is 11.2. The van der Waals surface area contributed by atoms with E-state index in [1.807, 2.05) is 36.4 Å². The van der Waals surface area contributed by atoms with Crippen molar-refractivity contribution in [2.45, 2.75) is 0 Å². The Balaban J connectivity index is 2.05. The van der Waals surface area contributed by atoms with Gasteiger partial charge >= 0.3 is 7.69 Å². The molecule has 0 aliphatic carbocycles. The van der Waals surface area contributed by atoms with Gasteiger partial charge in [0.25, 0.3) is 0 Å². The molecule has 0 spiro atoms. The lowest BCUT2D eigenvalue weighted by Gasteiger charge is -2.07. The fourth-order valence-corrected chi connectivity index (χ4v) is 2.21. The second-order valence-electron chi connectivity index (χ2n) is 4.36. The molecule has 1 N–H and O–H groups in total. The van der Waals surface area contributed by atoms with Gasteiger partial charge in [-0.05, 0) is 40.1 Å². The first-order valence-corrected chi connectivity index (χ1v) is 6.20. The van der Waals surface area contributed by atoms with Gasteiger partial charge in [0, 0.05) is 0 Å². The molecule has 0 saturated carbocycles. The SMILES string of the molecule is OBOc1cccc(-c2ccc3ccccc3c2)c1. The lowest BCUT2D eigenvalue weighted by molar-refractivity contribution is 0.454. The van der Waals surface area contributed by atoms with Crippen molar-refractivity contribution in [3.05, 3.63) is 66.7 Å². The van der Waals surface area contributed by atoms with Gasteiger partial charge in [-0.2, -0.15) is 0 Å². The molecule has 0 bridgehead atoms. The highest BCUT2D eigenvalue weighted by molar-refractivity contribution is 6.17. The second-order valence-corrected chi connectivity index (χ2v) is 4.36. The third-order valence-electron chi connectivity index (χ3n) is 3.15. The van der Waals surface area contributed by atoms with Crippen molar-refractivity contribution in [1.82, 2.24) is 0 Å². The zero-order valence-electron chi connectivity index (χ0n) is 10.4. The molecule has 0 aromatic heterocycles. The van der Waals surface area contributed by atoms with Crippen LogP contribution in [0.15, 0.2) is 66.7 Å². The molecule has 0 radical (unpaired) electrons. The molecule has 0 aliphatic heterocycles. The predicted molar refractivity (Wildman–Crippen MR) is 79.4 cm³/mol. The van der Waals surface area contributed by atoms with Crippen LogP contribution in [0.2, 0.25) is 0 Å². The number of fused-ring (bicyclic) bond motifs is 1. The van der Waals surface area contributed by atoms with E-state index in [4.69, 9.17) is 9.68 Å². The Morgan fingerprint density at radius 3 is 2.37 bits per heavy atom. The summed E-state index contributed by atoms with van der Waals surface area (Å²) in [6, 6.07) is 22.4. The summed E-state index contributed by atoms with van der Waals surface area (Å²) in [5.41, 5.74) is 2.22. The minimum atomic E-state index is -0.304. The van der Waals surface area contributed by atoms with E-state index < -0.39 is 0 Å². The fraction of sp³-hybridized carbons (Fsp3) is 0. The van der Waals surface area contributed by atoms with Crippen LogP contribution in [-0.2, 0) is 0 Å². The van der Waals surface area contributed by atoms with E-state index in [-0.39, 0.29) is 7.69 Å². The van der Waals surface area contributed by atoms with Crippen LogP contribution in [0.1, 0.15) is 0 Å². The smallest absolute Gasteiger partial charge is 0.504 e. The number of rotatable bonds is 3. The van der Waals surface area contributed by atoms with Crippen molar-refractivity contribution in [1.29, 1.82) is 0 Å². The standard InChI is InChI=1S/C16H13BO2/c18-17-19-16-7-3-6-14(11-16)15-9-8-12-4-1-2-5-13(12)10-15/h1-11,17-18H. The van der Waals surface area contributed by atoms with Gasteiger partial charge in [-0.1, -0.05) is 48.5 Å². The Labute approximate surface area is 112 Å². The summed E-state index contributed by atoms with van der Waals surface area (Å²) >= 11 is 0. The van der Waals surface area contributed by atoms with Crippen molar-refractivity contribution in [2.75, 3.05) is 0 Å². The van der Waals surface area contributed by atoms with Crippen molar-refractivity contribution in [2.24, 2.45) is 0 Å². The zero-order valence-corrected chi connectivity index (χ0v) is 10.4. The maximum atomic E-state index is 8.80. The summed E-state index contributed by atoms with van der Waals surface area (Å²) in [7, 11) is -0.304. The average Bonchev–Trinajstić information content (AvgIpc) is 2.47. The quantitative estimate of drug-likeness (QED) is 0.721. The zero-order chi connectivity index (χ0) is 13.1. The van der Waals surface area contributed by atoms with Crippen LogP contribution < -0.4 is 4.65 Å². The molecule has 0 saturated heterocycles. The van der Waals surface area contributed by atoms with Gasteiger partial charge in [0.2, 0.25) is 0 Å². The fourth-order valence-electron chi connectivity index (χ4n) is 2.21. The van der Waals surface area contributed by atoms with Crippen molar-refractivity contribution in [3.63, 3.8) is 0 Å². The van der Waals surface area contributed by atoms with Crippen LogP contribution in [0.4, 0.5) is 0 Å². The van der Waals surface area contributed by atoms with Crippen LogP contribution in [0.5, 0.6) is 5.75 Å². The maximum Gasteiger partial charge on any atom is 0.504 e. The number of benzene rings is 3.